The first kappa shape index (κ1) is 12.5. The molecule has 0 saturated carbocycles. The van der Waals surface area contributed by atoms with Crippen LogP contribution >= 0.6 is 0 Å². The monoisotopic (exact) mass is 214 g/mol. The summed E-state index contributed by atoms with van der Waals surface area (Å²) in [5, 5.41) is 3.12. The molecule has 15 heavy (non-hydrogen) atoms. The van der Waals surface area contributed by atoms with E-state index < -0.39 is 0 Å². The van der Waals surface area contributed by atoms with Crippen LogP contribution in [0.5, 0.6) is 0 Å². The molecule has 0 bridgehead atoms. The lowest BCUT2D eigenvalue weighted by Gasteiger charge is -2.32. The van der Waals surface area contributed by atoms with Gasteiger partial charge in [0.15, 0.2) is 0 Å². The first-order valence-electron chi connectivity index (χ1n) is 5.75. The Bertz CT molecular complexity index is 191. The second-order valence-electron chi connectivity index (χ2n) is 4.15. The van der Waals surface area contributed by atoms with E-state index in [1.165, 1.54) is 39.5 Å². The van der Waals surface area contributed by atoms with Gasteiger partial charge in [-0.2, -0.15) is 0 Å². The third-order valence-corrected chi connectivity index (χ3v) is 2.95. The van der Waals surface area contributed by atoms with Gasteiger partial charge in [0.1, 0.15) is 0 Å². The van der Waals surface area contributed by atoms with E-state index in [1.807, 2.05) is 0 Å². The van der Waals surface area contributed by atoms with Crippen LogP contribution in [0, 0.1) is 0 Å². The Morgan fingerprint density at radius 3 is 2.67 bits per heavy atom. The predicted octanol–water partition coefficient (Wildman–Crippen LogP) is 0.623. The van der Waals surface area contributed by atoms with Crippen molar-refractivity contribution in [2.24, 2.45) is 0 Å². The number of carbonyl (C=O) groups is 1. The summed E-state index contributed by atoms with van der Waals surface area (Å²) in [6, 6.07) is 0.509. The zero-order valence-electron chi connectivity index (χ0n) is 9.79. The number of likely N-dealkylation sites (tertiary alicyclic amines) is 1. The molecule has 1 aliphatic heterocycles. The number of nitrogens with one attached hydrogen (secondary N) is 1. The van der Waals surface area contributed by atoms with Crippen LogP contribution in [0.1, 0.15) is 26.2 Å². The van der Waals surface area contributed by atoms with Gasteiger partial charge in [0.2, 0.25) is 0 Å². The Labute approximate surface area is 92.0 Å². The summed E-state index contributed by atoms with van der Waals surface area (Å²) in [6.45, 7) is 5.77. The highest BCUT2D eigenvalue weighted by Crippen LogP contribution is 2.11. The van der Waals surface area contributed by atoms with Gasteiger partial charge in [0, 0.05) is 12.6 Å². The number of carbonyl (C=O) groups excluding carboxylic acids is 1. The van der Waals surface area contributed by atoms with Gasteiger partial charge in [0.25, 0.3) is 0 Å². The van der Waals surface area contributed by atoms with E-state index >= 15 is 0 Å². The second kappa shape index (κ2) is 6.80. The van der Waals surface area contributed by atoms with Crippen molar-refractivity contribution in [3.05, 3.63) is 0 Å². The molecule has 4 nitrogen and oxygen atoms in total. The molecule has 88 valence electrons. The van der Waals surface area contributed by atoms with E-state index in [-0.39, 0.29) is 5.97 Å². The maximum absolute atomic E-state index is 10.9. The fourth-order valence-electron chi connectivity index (χ4n) is 1.94. The fourth-order valence-corrected chi connectivity index (χ4v) is 1.94. The summed E-state index contributed by atoms with van der Waals surface area (Å²) < 4.78 is 4.56. The van der Waals surface area contributed by atoms with Crippen molar-refractivity contribution in [2.45, 2.75) is 32.2 Å². The lowest BCUT2D eigenvalue weighted by atomic mass is 10.1. The molecule has 1 aliphatic rings. The zero-order chi connectivity index (χ0) is 11.1. The summed E-state index contributed by atoms with van der Waals surface area (Å²) in [5.74, 6) is -0.194. The van der Waals surface area contributed by atoms with Crippen LogP contribution in [0.15, 0.2) is 0 Å². The molecule has 4 heteroatoms. The Morgan fingerprint density at radius 1 is 1.40 bits per heavy atom. The zero-order valence-corrected chi connectivity index (χ0v) is 9.79. The molecule has 0 spiro atoms. The molecular formula is C11H22N2O2. The van der Waals surface area contributed by atoms with Crippen molar-refractivity contribution in [3.8, 4) is 0 Å². The fraction of sp³-hybridized carbons (Fsp3) is 0.909. The molecule has 0 radical (unpaired) electrons. The molecule has 1 atom stereocenters. The molecule has 1 saturated heterocycles. The number of ether oxygens (including phenoxy) is 1. The highest BCUT2D eigenvalue weighted by Gasteiger charge is 2.16. The van der Waals surface area contributed by atoms with Crippen LogP contribution in [0.25, 0.3) is 0 Å². The highest BCUT2D eigenvalue weighted by molar-refractivity contribution is 5.71. The van der Waals surface area contributed by atoms with Crippen LogP contribution in [0.3, 0.4) is 0 Å². The number of hydrogen-bond donors (Lipinski definition) is 1. The molecule has 0 aromatic carbocycles. The second-order valence-corrected chi connectivity index (χ2v) is 4.15. The van der Waals surface area contributed by atoms with Gasteiger partial charge < -0.3 is 10.1 Å². The molecule has 1 unspecified atom stereocenters. The van der Waals surface area contributed by atoms with Gasteiger partial charge in [-0.15, -0.1) is 0 Å². The highest BCUT2D eigenvalue weighted by atomic mass is 16.5. The van der Waals surface area contributed by atoms with Crippen molar-refractivity contribution in [1.29, 1.82) is 0 Å². The number of methoxy groups -OCH3 is 1. The van der Waals surface area contributed by atoms with Crippen molar-refractivity contribution < 1.29 is 9.53 Å². The number of rotatable bonds is 5. The van der Waals surface area contributed by atoms with Crippen LogP contribution in [0.2, 0.25) is 0 Å². The molecule has 0 amide bonds. The normalized spacial score (nSPS) is 19.9. The summed E-state index contributed by atoms with van der Waals surface area (Å²) in [5.41, 5.74) is 0. The van der Waals surface area contributed by atoms with Crippen molar-refractivity contribution in [3.63, 3.8) is 0 Å². The van der Waals surface area contributed by atoms with Crippen LogP contribution in [-0.2, 0) is 9.53 Å². The average molecular weight is 214 g/mol. The van der Waals surface area contributed by atoms with E-state index in [2.05, 4.69) is 21.9 Å². The van der Waals surface area contributed by atoms with E-state index in [1.54, 1.807) is 0 Å². The summed E-state index contributed by atoms with van der Waals surface area (Å²) in [6.07, 6.45) is 3.97. The number of piperidine rings is 1. The van der Waals surface area contributed by atoms with E-state index in [4.69, 9.17) is 0 Å². The summed E-state index contributed by atoms with van der Waals surface area (Å²) >= 11 is 0. The molecule has 1 heterocycles. The topological polar surface area (TPSA) is 41.6 Å². The molecule has 1 fully saturated rings. The van der Waals surface area contributed by atoms with Gasteiger partial charge in [-0.1, -0.05) is 6.42 Å². The maximum Gasteiger partial charge on any atom is 0.319 e. The standard InChI is InChI=1S/C11H22N2O2/c1-10(8-12-9-11(14)15-2)13-6-4-3-5-7-13/h10,12H,3-9H2,1-2H3. The lowest BCUT2D eigenvalue weighted by molar-refractivity contribution is -0.139. The van der Waals surface area contributed by atoms with Gasteiger partial charge in [-0.05, 0) is 32.9 Å². The molecule has 0 aromatic heterocycles. The van der Waals surface area contributed by atoms with E-state index in [0.29, 0.717) is 12.6 Å². The summed E-state index contributed by atoms with van der Waals surface area (Å²) in [7, 11) is 1.41. The number of hydrogen-bond acceptors (Lipinski definition) is 4. The lowest BCUT2D eigenvalue weighted by Crippen LogP contribution is -2.44. The quantitative estimate of drug-likeness (QED) is 0.681. The van der Waals surface area contributed by atoms with Crippen LogP contribution in [-0.4, -0.2) is 50.2 Å². The first-order chi connectivity index (χ1) is 7.24. The SMILES string of the molecule is COC(=O)CNCC(C)N1CCCCC1. The smallest absolute Gasteiger partial charge is 0.319 e. The minimum atomic E-state index is -0.194. The molecular weight excluding hydrogens is 192 g/mol. The molecule has 0 aliphatic carbocycles. The van der Waals surface area contributed by atoms with Crippen molar-refractivity contribution in [1.82, 2.24) is 10.2 Å². The van der Waals surface area contributed by atoms with E-state index in [0.717, 1.165) is 6.54 Å². The Hall–Kier alpha value is -0.610. The van der Waals surface area contributed by atoms with Crippen molar-refractivity contribution >= 4 is 5.97 Å². The molecule has 1 N–H and O–H groups in total. The number of esters is 1. The molecule has 0 aromatic rings. The van der Waals surface area contributed by atoms with Crippen LogP contribution < -0.4 is 5.32 Å². The minimum Gasteiger partial charge on any atom is -0.468 e. The Morgan fingerprint density at radius 2 is 2.07 bits per heavy atom. The van der Waals surface area contributed by atoms with E-state index in [9.17, 15) is 4.79 Å². The Balaban J connectivity index is 2.11. The van der Waals surface area contributed by atoms with Gasteiger partial charge in [0.05, 0.1) is 13.7 Å². The van der Waals surface area contributed by atoms with Crippen molar-refractivity contribution in [2.75, 3.05) is 33.3 Å². The largest absolute Gasteiger partial charge is 0.468 e. The van der Waals surface area contributed by atoms with Gasteiger partial charge >= 0.3 is 5.97 Å². The third kappa shape index (κ3) is 4.62. The third-order valence-electron chi connectivity index (χ3n) is 2.95. The number of nitrogens with zero attached hydrogens (tertiary/aromatic N) is 1. The maximum atomic E-state index is 10.9. The Kier molecular flexibility index (Phi) is 5.65. The predicted molar refractivity (Wildman–Crippen MR) is 59.8 cm³/mol. The van der Waals surface area contributed by atoms with Crippen LogP contribution in [0.4, 0.5) is 0 Å². The minimum absolute atomic E-state index is 0.194. The average Bonchev–Trinajstić information content (AvgIpc) is 2.29. The first-order valence-corrected chi connectivity index (χ1v) is 5.75. The van der Waals surface area contributed by atoms with Gasteiger partial charge in [-0.25, -0.2) is 0 Å². The molecule has 1 rings (SSSR count). The summed E-state index contributed by atoms with van der Waals surface area (Å²) in [4.78, 5) is 13.4. The van der Waals surface area contributed by atoms with Gasteiger partial charge in [-0.3, -0.25) is 9.69 Å².